The highest BCUT2D eigenvalue weighted by atomic mass is 32.1. The van der Waals surface area contributed by atoms with E-state index in [-0.39, 0.29) is 0 Å². The molecular formula is C57H37N3S. The molecule has 4 heteroatoms. The van der Waals surface area contributed by atoms with Gasteiger partial charge in [-0.15, -0.1) is 11.3 Å². The first-order valence-electron chi connectivity index (χ1n) is 20.7. The summed E-state index contributed by atoms with van der Waals surface area (Å²) in [5.41, 5.74) is 12.0. The van der Waals surface area contributed by atoms with E-state index < -0.39 is 0 Å². The molecule has 0 unspecified atom stereocenters. The van der Waals surface area contributed by atoms with Gasteiger partial charge >= 0.3 is 0 Å². The smallest absolute Gasteiger partial charge is 0.160 e. The molecule has 0 aliphatic heterocycles. The van der Waals surface area contributed by atoms with Gasteiger partial charge in [-0.25, -0.2) is 9.97 Å². The molecule has 3 aromatic heterocycles. The highest BCUT2D eigenvalue weighted by Crippen LogP contribution is 2.44. The van der Waals surface area contributed by atoms with Gasteiger partial charge in [0.15, 0.2) is 5.82 Å². The van der Waals surface area contributed by atoms with Crippen molar-refractivity contribution in [3.8, 4) is 44.9 Å². The third kappa shape index (κ3) is 5.50. The van der Waals surface area contributed by atoms with E-state index >= 15 is 0 Å². The summed E-state index contributed by atoms with van der Waals surface area (Å²) in [4.78, 5) is 10.6. The minimum Gasteiger partial charge on any atom is -0.310 e. The number of nitrogens with zero attached hydrogens (tertiary/aromatic N) is 3. The zero-order valence-corrected chi connectivity index (χ0v) is 34.2. The molecule has 3 nitrogen and oxygen atoms in total. The molecular weight excluding hydrogens is 759 g/mol. The van der Waals surface area contributed by atoms with Crippen LogP contribution in [-0.2, 0) is 0 Å². The summed E-state index contributed by atoms with van der Waals surface area (Å²) in [7, 11) is 0. The molecule has 286 valence electrons. The van der Waals surface area contributed by atoms with Crippen molar-refractivity contribution in [3.63, 3.8) is 0 Å². The highest BCUT2D eigenvalue weighted by molar-refractivity contribution is 7.26. The third-order valence-corrected chi connectivity index (χ3v) is 13.5. The van der Waals surface area contributed by atoms with E-state index in [1.807, 2.05) is 6.08 Å². The molecule has 12 rings (SSSR count). The maximum Gasteiger partial charge on any atom is 0.160 e. The van der Waals surface area contributed by atoms with E-state index in [9.17, 15) is 0 Å². The van der Waals surface area contributed by atoms with Crippen molar-refractivity contribution in [2.75, 3.05) is 0 Å². The lowest BCUT2D eigenvalue weighted by Gasteiger charge is -2.12. The van der Waals surface area contributed by atoms with Crippen LogP contribution >= 0.6 is 11.3 Å². The van der Waals surface area contributed by atoms with Gasteiger partial charge < -0.3 is 4.57 Å². The van der Waals surface area contributed by atoms with E-state index in [4.69, 9.17) is 9.97 Å². The Morgan fingerprint density at radius 3 is 1.84 bits per heavy atom. The first kappa shape index (κ1) is 35.3. The average Bonchev–Trinajstić information content (AvgIpc) is 3.87. The summed E-state index contributed by atoms with van der Waals surface area (Å²) in [6.07, 6.45) is 4.09. The predicted molar refractivity (Wildman–Crippen MR) is 262 cm³/mol. The fourth-order valence-corrected chi connectivity index (χ4v) is 10.7. The number of benzene rings is 9. The van der Waals surface area contributed by atoms with Crippen LogP contribution in [0.4, 0.5) is 0 Å². The summed E-state index contributed by atoms with van der Waals surface area (Å²) in [6, 6.07) is 65.9. The molecule has 9 aromatic carbocycles. The van der Waals surface area contributed by atoms with Crippen molar-refractivity contribution in [1.29, 1.82) is 0 Å². The molecule has 0 radical (unpaired) electrons. The maximum absolute atomic E-state index is 5.31. The van der Waals surface area contributed by atoms with Crippen molar-refractivity contribution < 1.29 is 0 Å². The molecule has 0 N–H and O–H groups in total. The number of hydrogen-bond acceptors (Lipinski definition) is 3. The molecule has 61 heavy (non-hydrogen) atoms. The van der Waals surface area contributed by atoms with Crippen molar-refractivity contribution in [1.82, 2.24) is 14.5 Å². The van der Waals surface area contributed by atoms with Crippen LogP contribution in [0, 0.1) is 0 Å². The molecule has 0 aliphatic carbocycles. The van der Waals surface area contributed by atoms with Gasteiger partial charge in [-0.1, -0.05) is 158 Å². The predicted octanol–water partition coefficient (Wildman–Crippen LogP) is 16.1. The van der Waals surface area contributed by atoms with E-state index in [1.165, 1.54) is 58.9 Å². The van der Waals surface area contributed by atoms with Crippen LogP contribution in [-0.4, -0.2) is 14.5 Å². The van der Waals surface area contributed by atoms with Crippen molar-refractivity contribution >= 4 is 91.5 Å². The van der Waals surface area contributed by atoms with Gasteiger partial charge in [0, 0.05) is 37.7 Å². The van der Waals surface area contributed by atoms with Crippen LogP contribution in [0.2, 0.25) is 0 Å². The van der Waals surface area contributed by atoms with Gasteiger partial charge in [0.1, 0.15) is 0 Å². The number of allylic oxidation sites excluding steroid dienone is 3. The number of hydrogen-bond donors (Lipinski definition) is 0. The van der Waals surface area contributed by atoms with Gasteiger partial charge in [-0.3, -0.25) is 0 Å². The molecule has 12 aromatic rings. The normalized spacial score (nSPS) is 12.2. The second kappa shape index (κ2) is 14.0. The lowest BCUT2D eigenvalue weighted by Crippen LogP contribution is -1.94. The molecule has 0 bridgehead atoms. The summed E-state index contributed by atoms with van der Waals surface area (Å²) < 4.78 is 4.66. The van der Waals surface area contributed by atoms with E-state index in [1.54, 1.807) is 11.3 Å². The fourth-order valence-electron chi connectivity index (χ4n) is 9.53. The van der Waals surface area contributed by atoms with E-state index in [0.717, 1.165) is 60.3 Å². The summed E-state index contributed by atoms with van der Waals surface area (Å²) >= 11 is 1.76. The van der Waals surface area contributed by atoms with Crippen LogP contribution in [0.3, 0.4) is 0 Å². The molecule has 0 fully saturated rings. The van der Waals surface area contributed by atoms with Crippen molar-refractivity contribution in [2.24, 2.45) is 0 Å². The fraction of sp³-hybridized carbons (Fsp3) is 0.0175. The zero-order chi connectivity index (χ0) is 40.6. The van der Waals surface area contributed by atoms with Crippen LogP contribution in [0.15, 0.2) is 201 Å². The zero-order valence-electron chi connectivity index (χ0n) is 33.4. The minimum atomic E-state index is 0.716. The van der Waals surface area contributed by atoms with Crippen LogP contribution in [0.5, 0.6) is 0 Å². The lowest BCUT2D eigenvalue weighted by atomic mass is 9.91. The van der Waals surface area contributed by atoms with Gasteiger partial charge in [-0.2, -0.15) is 0 Å². The van der Waals surface area contributed by atoms with Gasteiger partial charge in [0.25, 0.3) is 0 Å². The Morgan fingerprint density at radius 1 is 0.492 bits per heavy atom. The van der Waals surface area contributed by atoms with Gasteiger partial charge in [0.2, 0.25) is 0 Å². The Balaban J connectivity index is 1.07. The number of fused-ring (bicyclic) bond motifs is 12. The van der Waals surface area contributed by atoms with E-state index in [0.29, 0.717) is 5.82 Å². The maximum atomic E-state index is 5.31. The standard InChI is InChI=1S/C57H37N3S/c1-3-40(4-2)60-50-31-29-37(36-28-30-46-44-22-9-8-20-42(44)43-21-10-11-23-45(43)48(46)33-36)34-49(50)53-41(25-15-26-51(53)60)38-18-14-19-39(32-38)57-58-54(35-16-6-5-7-17-35)56-55(59-57)47-24-12-13-27-52(47)61-56/h3-34H,1H2,2H3. The summed E-state index contributed by atoms with van der Waals surface area (Å²) in [5, 5.41) is 11.2. The first-order chi connectivity index (χ1) is 30.2. The Hall–Kier alpha value is -7.66. The molecule has 0 spiro atoms. The SMILES string of the molecule is C=CC(=CC)n1c2ccc(-c3ccc4c5ccccc5c5ccccc5c4c3)cc2c2c(-c3cccc(-c4nc(-c5ccccc5)c5sc6ccccc6c5n4)c3)cccc21. The Labute approximate surface area is 356 Å². The number of rotatable bonds is 6. The molecule has 0 amide bonds. The average molecular weight is 796 g/mol. The van der Waals surface area contributed by atoms with E-state index in [2.05, 4.69) is 206 Å². The van der Waals surface area contributed by atoms with Crippen molar-refractivity contribution in [2.45, 2.75) is 6.92 Å². The molecule has 0 saturated heterocycles. The molecule has 0 atom stereocenters. The highest BCUT2D eigenvalue weighted by Gasteiger charge is 2.20. The summed E-state index contributed by atoms with van der Waals surface area (Å²) in [5.74, 6) is 0.716. The Kier molecular flexibility index (Phi) is 8.09. The number of thiophene rings is 1. The second-order valence-electron chi connectivity index (χ2n) is 15.7. The van der Waals surface area contributed by atoms with Crippen LogP contribution in [0.1, 0.15) is 6.92 Å². The van der Waals surface area contributed by atoms with Crippen molar-refractivity contribution in [3.05, 3.63) is 201 Å². The van der Waals surface area contributed by atoms with Crippen LogP contribution in [0.25, 0.3) is 125 Å². The molecule has 0 saturated carbocycles. The molecule has 0 aliphatic rings. The lowest BCUT2D eigenvalue weighted by molar-refractivity contribution is 1.23. The largest absolute Gasteiger partial charge is 0.310 e. The third-order valence-electron chi connectivity index (χ3n) is 12.3. The monoisotopic (exact) mass is 795 g/mol. The van der Waals surface area contributed by atoms with Crippen LogP contribution < -0.4 is 0 Å². The Morgan fingerprint density at radius 2 is 1.10 bits per heavy atom. The number of aromatic nitrogens is 3. The topological polar surface area (TPSA) is 30.7 Å². The Bertz CT molecular complexity index is 3760. The minimum absolute atomic E-state index is 0.716. The van der Waals surface area contributed by atoms with Gasteiger partial charge in [0.05, 0.1) is 26.9 Å². The quantitative estimate of drug-likeness (QED) is 0.124. The van der Waals surface area contributed by atoms with Gasteiger partial charge in [-0.05, 0) is 104 Å². The first-order valence-corrected chi connectivity index (χ1v) is 21.5. The second-order valence-corrected chi connectivity index (χ2v) is 16.7. The molecule has 3 heterocycles. The summed E-state index contributed by atoms with van der Waals surface area (Å²) in [6.45, 7) is 6.31.